The van der Waals surface area contributed by atoms with E-state index in [0.717, 1.165) is 10.0 Å². The molecule has 2 amide bonds. The first-order valence-corrected chi connectivity index (χ1v) is 11.6. The summed E-state index contributed by atoms with van der Waals surface area (Å²) >= 11 is 3.43. The van der Waals surface area contributed by atoms with E-state index in [1.165, 1.54) is 0 Å². The maximum Gasteiger partial charge on any atom is 0.322 e. The van der Waals surface area contributed by atoms with Gasteiger partial charge in [0.1, 0.15) is 5.82 Å². The Bertz CT molecular complexity index is 1370. The number of para-hydroxylation sites is 1. The van der Waals surface area contributed by atoms with E-state index in [-0.39, 0.29) is 11.6 Å². The van der Waals surface area contributed by atoms with Crippen molar-refractivity contribution in [2.24, 2.45) is 0 Å². The summed E-state index contributed by atoms with van der Waals surface area (Å²) in [5.41, 5.74) is 2.95. The lowest BCUT2D eigenvalue weighted by atomic mass is 10.1. The van der Waals surface area contributed by atoms with Gasteiger partial charge in [0.05, 0.1) is 22.6 Å². The molecule has 4 rings (SSSR count). The SMILES string of the molecule is CCN(C(=O)Nc1cccc(Br)c1)C(C)c1nc2ccccc2c(=O)n1-c1ccc(C)cc1. The third-order valence-electron chi connectivity index (χ3n) is 5.61. The molecular weight excluding hydrogens is 480 g/mol. The van der Waals surface area contributed by atoms with E-state index < -0.39 is 6.04 Å². The number of aryl methyl sites for hydroxylation is 1. The maximum atomic E-state index is 13.5. The van der Waals surface area contributed by atoms with Gasteiger partial charge in [-0.05, 0) is 63.2 Å². The molecule has 7 heteroatoms. The Kier molecular flexibility index (Phi) is 6.60. The highest BCUT2D eigenvalue weighted by molar-refractivity contribution is 9.10. The lowest BCUT2D eigenvalue weighted by Crippen LogP contribution is -2.39. The molecule has 4 aromatic rings. The molecule has 0 radical (unpaired) electrons. The number of hydrogen-bond acceptors (Lipinski definition) is 3. The van der Waals surface area contributed by atoms with Crippen LogP contribution in [0, 0.1) is 6.92 Å². The normalized spacial score (nSPS) is 11.9. The van der Waals surface area contributed by atoms with E-state index in [1.807, 2.05) is 87.5 Å². The van der Waals surface area contributed by atoms with Gasteiger partial charge in [-0.2, -0.15) is 0 Å². The number of aromatic nitrogens is 2. The fourth-order valence-corrected chi connectivity index (χ4v) is 4.27. The van der Waals surface area contributed by atoms with Gasteiger partial charge in [0.25, 0.3) is 5.56 Å². The summed E-state index contributed by atoms with van der Waals surface area (Å²) < 4.78 is 2.49. The van der Waals surface area contributed by atoms with E-state index in [4.69, 9.17) is 4.98 Å². The number of halogens is 1. The van der Waals surface area contributed by atoms with E-state index in [2.05, 4.69) is 21.2 Å². The first-order valence-electron chi connectivity index (χ1n) is 10.8. The zero-order valence-corrected chi connectivity index (χ0v) is 20.3. The van der Waals surface area contributed by atoms with Crippen molar-refractivity contribution in [1.82, 2.24) is 14.5 Å². The monoisotopic (exact) mass is 504 g/mol. The van der Waals surface area contributed by atoms with Gasteiger partial charge in [0.15, 0.2) is 0 Å². The summed E-state index contributed by atoms with van der Waals surface area (Å²) in [6, 6.07) is 21.7. The molecule has 33 heavy (non-hydrogen) atoms. The number of nitrogens with zero attached hydrogens (tertiary/aromatic N) is 3. The number of benzene rings is 3. The Morgan fingerprint density at radius 3 is 2.52 bits per heavy atom. The van der Waals surface area contributed by atoms with Crippen LogP contribution >= 0.6 is 15.9 Å². The highest BCUT2D eigenvalue weighted by atomic mass is 79.9. The molecule has 0 bridgehead atoms. The average Bonchev–Trinajstić information content (AvgIpc) is 2.80. The summed E-state index contributed by atoms with van der Waals surface area (Å²) in [5, 5.41) is 3.48. The largest absolute Gasteiger partial charge is 0.322 e. The molecule has 1 N–H and O–H groups in total. The second-order valence-electron chi connectivity index (χ2n) is 7.87. The molecule has 0 saturated heterocycles. The van der Waals surface area contributed by atoms with E-state index >= 15 is 0 Å². The smallest absolute Gasteiger partial charge is 0.315 e. The van der Waals surface area contributed by atoms with Crippen LogP contribution < -0.4 is 10.9 Å². The Labute approximate surface area is 201 Å². The van der Waals surface area contributed by atoms with Crippen molar-refractivity contribution >= 4 is 38.6 Å². The molecule has 0 spiro atoms. The quantitative estimate of drug-likeness (QED) is 0.358. The highest BCUT2D eigenvalue weighted by Crippen LogP contribution is 2.24. The Morgan fingerprint density at radius 2 is 1.82 bits per heavy atom. The lowest BCUT2D eigenvalue weighted by molar-refractivity contribution is 0.193. The van der Waals surface area contributed by atoms with Gasteiger partial charge in [-0.3, -0.25) is 9.36 Å². The minimum atomic E-state index is -0.458. The van der Waals surface area contributed by atoms with Gasteiger partial charge in [-0.25, -0.2) is 9.78 Å². The summed E-state index contributed by atoms with van der Waals surface area (Å²) in [6.45, 7) is 6.25. The van der Waals surface area contributed by atoms with Gasteiger partial charge >= 0.3 is 6.03 Å². The zero-order chi connectivity index (χ0) is 23.5. The van der Waals surface area contributed by atoms with E-state index in [0.29, 0.717) is 34.6 Å². The van der Waals surface area contributed by atoms with Gasteiger partial charge in [0, 0.05) is 16.7 Å². The number of amides is 2. The molecule has 0 aliphatic rings. The fraction of sp³-hybridized carbons (Fsp3) is 0.192. The van der Waals surface area contributed by atoms with Crippen LogP contribution in [0.15, 0.2) is 82.1 Å². The summed E-state index contributed by atoms with van der Waals surface area (Å²) in [5.74, 6) is 0.508. The molecule has 168 valence electrons. The van der Waals surface area contributed by atoms with Crippen molar-refractivity contribution in [3.63, 3.8) is 0 Å². The second-order valence-corrected chi connectivity index (χ2v) is 8.78. The highest BCUT2D eigenvalue weighted by Gasteiger charge is 2.26. The minimum absolute atomic E-state index is 0.158. The second kappa shape index (κ2) is 9.58. The predicted octanol–water partition coefficient (Wildman–Crippen LogP) is 6.07. The van der Waals surface area contributed by atoms with Crippen molar-refractivity contribution in [1.29, 1.82) is 0 Å². The molecule has 1 unspecified atom stereocenters. The Balaban J connectivity index is 1.81. The summed E-state index contributed by atoms with van der Waals surface area (Å²) in [6.07, 6.45) is 0. The van der Waals surface area contributed by atoms with Crippen molar-refractivity contribution in [3.05, 3.63) is 99.0 Å². The first-order chi connectivity index (χ1) is 15.9. The fourth-order valence-electron chi connectivity index (χ4n) is 3.87. The molecule has 3 aromatic carbocycles. The Hall–Kier alpha value is -3.45. The molecule has 0 aliphatic heterocycles. The van der Waals surface area contributed by atoms with E-state index in [9.17, 15) is 9.59 Å². The number of carbonyl (C=O) groups excluding carboxylic acids is 1. The van der Waals surface area contributed by atoms with Crippen LogP contribution in [-0.2, 0) is 0 Å². The van der Waals surface area contributed by atoms with Crippen LogP contribution in [0.4, 0.5) is 10.5 Å². The topological polar surface area (TPSA) is 67.2 Å². The molecule has 0 fully saturated rings. The Morgan fingerprint density at radius 1 is 1.09 bits per heavy atom. The number of nitrogens with one attached hydrogen (secondary N) is 1. The molecule has 1 heterocycles. The number of fused-ring (bicyclic) bond motifs is 1. The van der Waals surface area contributed by atoms with Crippen LogP contribution in [0.25, 0.3) is 16.6 Å². The molecule has 1 atom stereocenters. The number of anilines is 1. The lowest BCUT2D eigenvalue weighted by Gasteiger charge is -2.29. The molecule has 0 aliphatic carbocycles. The summed E-state index contributed by atoms with van der Waals surface area (Å²) in [7, 11) is 0. The van der Waals surface area contributed by atoms with Crippen LogP contribution in [-0.4, -0.2) is 27.0 Å². The molecular formula is C26H25BrN4O2. The third-order valence-corrected chi connectivity index (χ3v) is 6.11. The third kappa shape index (κ3) is 4.68. The molecule has 6 nitrogen and oxygen atoms in total. The van der Waals surface area contributed by atoms with Crippen molar-refractivity contribution in [2.75, 3.05) is 11.9 Å². The van der Waals surface area contributed by atoms with Crippen molar-refractivity contribution < 1.29 is 4.79 Å². The first kappa shape index (κ1) is 22.7. The van der Waals surface area contributed by atoms with Gasteiger partial charge < -0.3 is 10.2 Å². The van der Waals surface area contributed by atoms with Gasteiger partial charge in [-0.1, -0.05) is 51.8 Å². The zero-order valence-electron chi connectivity index (χ0n) is 18.7. The van der Waals surface area contributed by atoms with Gasteiger partial charge in [0.2, 0.25) is 0 Å². The van der Waals surface area contributed by atoms with Crippen molar-refractivity contribution in [2.45, 2.75) is 26.8 Å². The van der Waals surface area contributed by atoms with Crippen LogP contribution in [0.1, 0.15) is 31.3 Å². The van der Waals surface area contributed by atoms with Crippen LogP contribution in [0.5, 0.6) is 0 Å². The molecule has 1 aromatic heterocycles. The number of rotatable bonds is 5. The van der Waals surface area contributed by atoms with Crippen LogP contribution in [0.3, 0.4) is 0 Å². The number of hydrogen-bond donors (Lipinski definition) is 1. The number of urea groups is 1. The predicted molar refractivity (Wildman–Crippen MR) is 136 cm³/mol. The maximum absolute atomic E-state index is 13.5. The number of carbonyl (C=O) groups is 1. The van der Waals surface area contributed by atoms with Crippen LogP contribution in [0.2, 0.25) is 0 Å². The summed E-state index contributed by atoms with van der Waals surface area (Å²) in [4.78, 5) is 33.3. The van der Waals surface area contributed by atoms with Crippen molar-refractivity contribution in [3.8, 4) is 5.69 Å². The van der Waals surface area contributed by atoms with Gasteiger partial charge in [-0.15, -0.1) is 0 Å². The molecule has 0 saturated carbocycles. The average molecular weight is 505 g/mol. The van der Waals surface area contributed by atoms with E-state index in [1.54, 1.807) is 15.5 Å². The minimum Gasteiger partial charge on any atom is -0.315 e. The standard InChI is InChI=1S/C26H25BrN4O2/c1-4-30(26(33)28-20-9-7-8-19(27)16-20)18(3)24-29-23-11-6-5-10-22(23)25(32)31(24)21-14-12-17(2)13-15-21/h5-16,18H,4H2,1-3H3,(H,28,33).